The van der Waals surface area contributed by atoms with Crippen LogP contribution in [0.5, 0.6) is 0 Å². The molecular weight excluding hydrogens is 188 g/mol. The molecule has 1 aliphatic heterocycles. The van der Waals surface area contributed by atoms with E-state index in [1.54, 1.807) is 0 Å². The van der Waals surface area contributed by atoms with E-state index in [1.807, 2.05) is 11.8 Å². The number of carbonyl (C=O) groups is 1. The molecule has 0 aromatic heterocycles. The van der Waals surface area contributed by atoms with Crippen molar-refractivity contribution in [1.82, 2.24) is 4.90 Å². The lowest BCUT2D eigenvalue weighted by molar-refractivity contribution is -0.135. The number of amides is 1. The largest absolute Gasteiger partial charge is 0.338 e. The zero-order chi connectivity index (χ0) is 11.4. The van der Waals surface area contributed by atoms with Crippen LogP contribution in [0.4, 0.5) is 0 Å². The fourth-order valence-corrected chi connectivity index (χ4v) is 2.22. The Bertz CT molecular complexity index is 218. The Labute approximate surface area is 93.0 Å². The number of nitrogens with two attached hydrogens (primary N) is 1. The molecule has 3 nitrogen and oxygen atoms in total. The van der Waals surface area contributed by atoms with E-state index in [4.69, 9.17) is 5.73 Å². The molecule has 2 N–H and O–H groups in total. The van der Waals surface area contributed by atoms with Gasteiger partial charge in [0, 0.05) is 12.6 Å². The molecule has 1 saturated heterocycles. The molecule has 1 aliphatic rings. The number of hydrogen-bond donors (Lipinski definition) is 1. The Balaban J connectivity index is 2.67. The lowest BCUT2D eigenvalue weighted by Crippen LogP contribution is -2.48. The zero-order valence-electron chi connectivity index (χ0n) is 10.2. The van der Waals surface area contributed by atoms with Gasteiger partial charge < -0.3 is 10.6 Å². The van der Waals surface area contributed by atoms with Crippen molar-refractivity contribution in [2.45, 2.75) is 58.5 Å². The first-order valence-electron chi connectivity index (χ1n) is 6.12. The van der Waals surface area contributed by atoms with Gasteiger partial charge in [-0.05, 0) is 32.1 Å². The van der Waals surface area contributed by atoms with Gasteiger partial charge >= 0.3 is 0 Å². The summed E-state index contributed by atoms with van der Waals surface area (Å²) in [6.45, 7) is 7.20. The normalized spacial score (nSPS) is 29.7. The van der Waals surface area contributed by atoms with Gasteiger partial charge in [-0.2, -0.15) is 0 Å². The van der Waals surface area contributed by atoms with Crippen LogP contribution in [-0.4, -0.2) is 29.4 Å². The Kier molecular flexibility index (Phi) is 4.58. The van der Waals surface area contributed by atoms with Crippen LogP contribution in [0.2, 0.25) is 0 Å². The number of nitrogens with zero attached hydrogens (tertiary/aromatic N) is 1. The number of hydrogen-bond acceptors (Lipinski definition) is 2. The van der Waals surface area contributed by atoms with E-state index in [0.717, 1.165) is 19.4 Å². The van der Waals surface area contributed by atoms with E-state index in [-0.39, 0.29) is 11.9 Å². The molecule has 0 bridgehead atoms. The van der Waals surface area contributed by atoms with Gasteiger partial charge in [0.2, 0.25) is 5.91 Å². The third-order valence-electron chi connectivity index (χ3n) is 3.40. The summed E-state index contributed by atoms with van der Waals surface area (Å²) < 4.78 is 0. The summed E-state index contributed by atoms with van der Waals surface area (Å²) in [7, 11) is 0. The third-order valence-corrected chi connectivity index (χ3v) is 3.40. The molecule has 0 aromatic rings. The van der Waals surface area contributed by atoms with E-state index in [1.165, 1.54) is 12.8 Å². The second-order valence-electron chi connectivity index (χ2n) is 4.89. The Morgan fingerprint density at radius 3 is 2.73 bits per heavy atom. The maximum absolute atomic E-state index is 12.0. The summed E-state index contributed by atoms with van der Waals surface area (Å²) in [5, 5.41) is 0. The quantitative estimate of drug-likeness (QED) is 0.758. The van der Waals surface area contributed by atoms with Crippen molar-refractivity contribution in [2.75, 3.05) is 6.54 Å². The highest BCUT2D eigenvalue weighted by Crippen LogP contribution is 2.21. The number of likely N-dealkylation sites (tertiary alicyclic amines) is 1. The molecule has 1 heterocycles. The monoisotopic (exact) mass is 212 g/mol. The molecule has 88 valence electrons. The van der Waals surface area contributed by atoms with Crippen LogP contribution in [-0.2, 0) is 4.79 Å². The summed E-state index contributed by atoms with van der Waals surface area (Å²) in [5.74, 6) is 0.752. The van der Waals surface area contributed by atoms with Gasteiger partial charge in [-0.3, -0.25) is 4.79 Å². The number of rotatable bonds is 2. The molecule has 2 unspecified atom stereocenters. The molecule has 0 aromatic carbocycles. The molecule has 3 atom stereocenters. The lowest BCUT2D eigenvalue weighted by Gasteiger charge is -2.30. The smallest absolute Gasteiger partial charge is 0.239 e. The first-order valence-corrected chi connectivity index (χ1v) is 6.12. The fraction of sp³-hybridized carbons (Fsp3) is 0.917. The van der Waals surface area contributed by atoms with Crippen molar-refractivity contribution in [3.05, 3.63) is 0 Å². The van der Waals surface area contributed by atoms with Gasteiger partial charge in [0.05, 0.1) is 6.04 Å². The molecule has 1 amide bonds. The second kappa shape index (κ2) is 5.50. The summed E-state index contributed by atoms with van der Waals surface area (Å²) in [6, 6.07) is 0.0535. The minimum atomic E-state index is -0.308. The fourth-order valence-electron chi connectivity index (χ4n) is 2.22. The highest BCUT2D eigenvalue weighted by atomic mass is 16.2. The van der Waals surface area contributed by atoms with Gasteiger partial charge in [0.25, 0.3) is 0 Å². The molecule has 0 spiro atoms. The number of carbonyl (C=O) groups excluding carboxylic acids is 1. The predicted molar refractivity (Wildman–Crippen MR) is 62.5 cm³/mol. The van der Waals surface area contributed by atoms with Crippen molar-refractivity contribution in [2.24, 2.45) is 11.7 Å². The van der Waals surface area contributed by atoms with Gasteiger partial charge in [-0.25, -0.2) is 0 Å². The van der Waals surface area contributed by atoms with Crippen LogP contribution >= 0.6 is 0 Å². The van der Waals surface area contributed by atoms with Crippen LogP contribution in [0, 0.1) is 5.92 Å². The first-order chi connectivity index (χ1) is 7.06. The summed E-state index contributed by atoms with van der Waals surface area (Å²) >= 11 is 0. The highest BCUT2D eigenvalue weighted by molar-refractivity contribution is 5.81. The predicted octanol–water partition coefficient (Wildman–Crippen LogP) is 1.76. The minimum absolute atomic E-state index is 0.138. The second-order valence-corrected chi connectivity index (χ2v) is 4.89. The molecule has 0 aliphatic carbocycles. The van der Waals surface area contributed by atoms with Gasteiger partial charge in [0.15, 0.2) is 0 Å². The van der Waals surface area contributed by atoms with Crippen molar-refractivity contribution < 1.29 is 4.79 Å². The lowest BCUT2D eigenvalue weighted by atomic mass is 10.1. The summed E-state index contributed by atoms with van der Waals surface area (Å²) in [5.41, 5.74) is 5.81. The van der Waals surface area contributed by atoms with Crippen LogP contribution in [0.15, 0.2) is 0 Å². The standard InChI is InChI=1S/C12H24N2O/c1-4-11(13)12(15)14-8-9(2)6-5-7-10(14)3/h9-11H,4-8,13H2,1-3H3/t9?,10?,11-/m0/s1. The van der Waals surface area contributed by atoms with Crippen molar-refractivity contribution in [1.29, 1.82) is 0 Å². The zero-order valence-corrected chi connectivity index (χ0v) is 10.2. The van der Waals surface area contributed by atoms with Crippen LogP contribution in [0.25, 0.3) is 0 Å². The van der Waals surface area contributed by atoms with Crippen LogP contribution in [0.3, 0.4) is 0 Å². The Morgan fingerprint density at radius 2 is 2.13 bits per heavy atom. The maximum Gasteiger partial charge on any atom is 0.239 e. The molecule has 1 rings (SSSR count). The molecule has 1 fully saturated rings. The van der Waals surface area contributed by atoms with Crippen LogP contribution < -0.4 is 5.73 Å². The van der Waals surface area contributed by atoms with Gasteiger partial charge in [0.1, 0.15) is 0 Å². The topological polar surface area (TPSA) is 46.3 Å². The first kappa shape index (κ1) is 12.5. The Morgan fingerprint density at radius 1 is 1.47 bits per heavy atom. The van der Waals surface area contributed by atoms with Crippen molar-refractivity contribution >= 4 is 5.91 Å². The van der Waals surface area contributed by atoms with Crippen molar-refractivity contribution in [3.8, 4) is 0 Å². The molecule has 3 heteroatoms. The third kappa shape index (κ3) is 3.20. The van der Waals surface area contributed by atoms with E-state index in [0.29, 0.717) is 12.0 Å². The molecule has 0 saturated carbocycles. The average Bonchev–Trinajstić information content (AvgIpc) is 2.38. The molecule has 0 radical (unpaired) electrons. The van der Waals surface area contributed by atoms with E-state index >= 15 is 0 Å². The minimum Gasteiger partial charge on any atom is -0.338 e. The Hall–Kier alpha value is -0.570. The van der Waals surface area contributed by atoms with E-state index in [2.05, 4.69) is 13.8 Å². The molecule has 15 heavy (non-hydrogen) atoms. The summed E-state index contributed by atoms with van der Waals surface area (Å²) in [6.07, 6.45) is 4.31. The van der Waals surface area contributed by atoms with Crippen molar-refractivity contribution in [3.63, 3.8) is 0 Å². The summed E-state index contributed by atoms with van der Waals surface area (Å²) in [4.78, 5) is 14.0. The van der Waals surface area contributed by atoms with Gasteiger partial charge in [-0.1, -0.05) is 20.3 Å². The van der Waals surface area contributed by atoms with E-state index in [9.17, 15) is 4.79 Å². The maximum atomic E-state index is 12.0. The average molecular weight is 212 g/mol. The van der Waals surface area contributed by atoms with Crippen LogP contribution in [0.1, 0.15) is 46.5 Å². The van der Waals surface area contributed by atoms with Gasteiger partial charge in [-0.15, -0.1) is 0 Å². The van der Waals surface area contributed by atoms with E-state index < -0.39 is 0 Å². The molecular formula is C12H24N2O. The SMILES string of the molecule is CC[C@H](N)C(=O)N1CC(C)CCCC1C. The highest BCUT2D eigenvalue weighted by Gasteiger charge is 2.27.